The van der Waals surface area contributed by atoms with Gasteiger partial charge in [0.1, 0.15) is 11.5 Å². The first kappa shape index (κ1) is 51.2. The van der Waals surface area contributed by atoms with Crippen LogP contribution in [0.2, 0.25) is 0 Å². The smallest absolute Gasteiger partial charge is 0.122 e. The van der Waals surface area contributed by atoms with E-state index in [1.165, 1.54) is 173 Å². The third kappa shape index (κ3) is 15.2. The Morgan fingerprint density at radius 1 is 0.263 bits per heavy atom. The average molecular weight is 789 g/mol. The molecule has 0 fully saturated rings. The Labute approximate surface area is 356 Å². The van der Waals surface area contributed by atoms with Crippen molar-refractivity contribution in [1.29, 1.82) is 0 Å². The van der Waals surface area contributed by atoms with Crippen molar-refractivity contribution in [3.8, 4) is 11.5 Å². The summed E-state index contributed by atoms with van der Waals surface area (Å²) in [7, 11) is 0. The van der Waals surface area contributed by atoms with E-state index < -0.39 is 0 Å². The third-order valence-corrected chi connectivity index (χ3v) is 13.3. The van der Waals surface area contributed by atoms with Gasteiger partial charge in [-0.25, -0.2) is 0 Å². The first-order valence-corrected chi connectivity index (χ1v) is 25.4. The van der Waals surface area contributed by atoms with Crippen molar-refractivity contribution < 1.29 is 10.2 Å². The summed E-state index contributed by atoms with van der Waals surface area (Å²) in [6.45, 7) is 23.8. The van der Waals surface area contributed by atoms with Gasteiger partial charge in [-0.1, -0.05) is 172 Å². The number of aromatic hydroxyl groups is 2. The Bertz CT molecular complexity index is 1190. The molecule has 2 nitrogen and oxygen atoms in total. The standard InChI is InChI=1S/C55H96O2/c1-11-19-27-35-43-47(39-31-23-15-5)53(56)48(40-32-24-16-6)44(36-28-20-12-2)51(43)55(9,10)52-45(37-29-21-13-3)49(41-33-25-17-7)54(57)50(42-34-26-18-8)46(52)38-30-22-14-4/h56-57H,11-42H2,1-10H3. The van der Waals surface area contributed by atoms with E-state index in [4.69, 9.17) is 0 Å². The average Bonchev–Trinajstić information content (AvgIpc) is 3.19. The molecule has 0 bridgehead atoms. The molecule has 0 aromatic heterocycles. The second-order valence-corrected chi connectivity index (χ2v) is 18.6. The fourth-order valence-electron chi connectivity index (χ4n) is 10.1. The molecular formula is C55H96O2. The number of hydrogen-bond acceptors (Lipinski definition) is 2. The molecule has 0 atom stereocenters. The largest absolute Gasteiger partial charge is 0.507 e. The van der Waals surface area contributed by atoms with Crippen molar-refractivity contribution >= 4 is 0 Å². The summed E-state index contributed by atoms with van der Waals surface area (Å²) >= 11 is 0. The van der Waals surface area contributed by atoms with Gasteiger partial charge in [0.2, 0.25) is 0 Å². The van der Waals surface area contributed by atoms with Crippen molar-refractivity contribution in [2.45, 2.75) is 280 Å². The summed E-state index contributed by atoms with van der Waals surface area (Å²) in [6.07, 6.45) is 36.7. The fourth-order valence-corrected chi connectivity index (χ4v) is 10.1. The molecule has 0 spiro atoms. The summed E-state index contributed by atoms with van der Waals surface area (Å²) in [5, 5.41) is 25.3. The van der Waals surface area contributed by atoms with E-state index in [1.54, 1.807) is 11.1 Å². The van der Waals surface area contributed by atoms with E-state index in [1.807, 2.05) is 0 Å². The van der Waals surface area contributed by atoms with Crippen LogP contribution in [0.25, 0.3) is 0 Å². The fraction of sp³-hybridized carbons (Fsp3) is 0.782. The molecule has 2 heteroatoms. The highest BCUT2D eigenvalue weighted by molar-refractivity contribution is 5.65. The first-order chi connectivity index (χ1) is 27.7. The lowest BCUT2D eigenvalue weighted by molar-refractivity contribution is 0.448. The molecule has 0 heterocycles. The van der Waals surface area contributed by atoms with Crippen LogP contribution >= 0.6 is 0 Å². The molecule has 2 aromatic rings. The minimum Gasteiger partial charge on any atom is -0.507 e. The van der Waals surface area contributed by atoms with Gasteiger partial charge >= 0.3 is 0 Å². The Morgan fingerprint density at radius 2 is 0.421 bits per heavy atom. The van der Waals surface area contributed by atoms with Crippen molar-refractivity contribution in [2.75, 3.05) is 0 Å². The molecule has 2 N–H and O–H groups in total. The molecule has 328 valence electrons. The first-order valence-electron chi connectivity index (χ1n) is 25.4. The zero-order valence-electron chi connectivity index (χ0n) is 40.0. The van der Waals surface area contributed by atoms with Crippen molar-refractivity contribution in [3.05, 3.63) is 55.6 Å². The highest BCUT2D eigenvalue weighted by Gasteiger charge is 2.38. The number of phenolic OH excluding ortho intramolecular Hbond substituents is 2. The van der Waals surface area contributed by atoms with E-state index in [0.717, 1.165) is 77.0 Å². The molecule has 0 saturated heterocycles. The maximum absolute atomic E-state index is 12.7. The van der Waals surface area contributed by atoms with Crippen LogP contribution in [-0.2, 0) is 56.8 Å². The van der Waals surface area contributed by atoms with Gasteiger partial charge in [0, 0.05) is 5.41 Å². The van der Waals surface area contributed by atoms with Crippen molar-refractivity contribution in [3.63, 3.8) is 0 Å². The predicted octanol–water partition coefficient (Wildman–Crippen LogP) is 17.3. The van der Waals surface area contributed by atoms with Crippen LogP contribution in [0.4, 0.5) is 0 Å². The van der Waals surface area contributed by atoms with Crippen LogP contribution in [0.15, 0.2) is 0 Å². The molecule has 0 radical (unpaired) electrons. The van der Waals surface area contributed by atoms with Crippen LogP contribution in [0.1, 0.15) is 279 Å². The molecule has 0 aliphatic carbocycles. The number of rotatable bonds is 34. The summed E-state index contributed by atoms with van der Waals surface area (Å²) in [5.41, 5.74) is 14.1. The summed E-state index contributed by atoms with van der Waals surface area (Å²) in [4.78, 5) is 0. The molecule has 0 unspecified atom stereocenters. The summed E-state index contributed by atoms with van der Waals surface area (Å²) in [5.74, 6) is 1.33. The third-order valence-electron chi connectivity index (χ3n) is 13.3. The van der Waals surface area contributed by atoms with Crippen LogP contribution in [0, 0.1) is 0 Å². The Kier molecular flexibility index (Phi) is 26.3. The van der Waals surface area contributed by atoms with Gasteiger partial charge in [-0.3, -0.25) is 0 Å². The molecule has 2 rings (SSSR count). The molecule has 0 saturated carbocycles. The van der Waals surface area contributed by atoms with Gasteiger partial charge < -0.3 is 10.2 Å². The number of hydrogen-bond donors (Lipinski definition) is 2. The van der Waals surface area contributed by atoms with Gasteiger partial charge in [-0.2, -0.15) is 0 Å². The van der Waals surface area contributed by atoms with E-state index in [-0.39, 0.29) is 5.41 Å². The lowest BCUT2D eigenvalue weighted by Gasteiger charge is -2.39. The number of unbranched alkanes of at least 4 members (excludes halogenated alkanes) is 16. The quantitative estimate of drug-likeness (QED) is 0.0694. The Hall–Kier alpha value is -1.96. The van der Waals surface area contributed by atoms with Gasteiger partial charge in [0.25, 0.3) is 0 Å². The minimum absolute atomic E-state index is 0.258. The lowest BCUT2D eigenvalue weighted by atomic mass is 9.65. The molecule has 57 heavy (non-hydrogen) atoms. The second kappa shape index (κ2) is 29.3. The van der Waals surface area contributed by atoms with E-state index >= 15 is 0 Å². The SMILES string of the molecule is CCCCCc1c(O)c(CCCCC)c(CCCCC)c(C(C)(C)c2c(CCCCC)c(CCCCC)c(O)c(CCCCC)c2CCCCC)c1CCCCC. The monoisotopic (exact) mass is 789 g/mol. The zero-order valence-corrected chi connectivity index (χ0v) is 40.0. The molecular weight excluding hydrogens is 693 g/mol. The zero-order chi connectivity index (χ0) is 42.1. The van der Waals surface area contributed by atoms with E-state index in [2.05, 4.69) is 69.2 Å². The van der Waals surface area contributed by atoms with Gasteiger partial charge in [0.15, 0.2) is 0 Å². The van der Waals surface area contributed by atoms with Crippen molar-refractivity contribution in [2.24, 2.45) is 0 Å². The van der Waals surface area contributed by atoms with Gasteiger partial charge in [-0.05, 0) is 158 Å². The lowest BCUT2D eigenvalue weighted by Crippen LogP contribution is -2.30. The highest BCUT2D eigenvalue weighted by atomic mass is 16.3. The normalized spacial score (nSPS) is 12.0. The molecule has 2 aromatic carbocycles. The maximum Gasteiger partial charge on any atom is 0.122 e. The molecule has 0 aliphatic heterocycles. The summed E-state index contributed by atoms with van der Waals surface area (Å²) in [6, 6.07) is 0. The molecule has 0 aliphatic rings. The van der Waals surface area contributed by atoms with Crippen LogP contribution in [0.3, 0.4) is 0 Å². The Balaban J connectivity index is 3.37. The topological polar surface area (TPSA) is 40.5 Å². The van der Waals surface area contributed by atoms with Crippen molar-refractivity contribution in [1.82, 2.24) is 0 Å². The van der Waals surface area contributed by atoms with Crippen LogP contribution < -0.4 is 0 Å². The predicted molar refractivity (Wildman–Crippen MR) is 254 cm³/mol. The number of phenols is 2. The van der Waals surface area contributed by atoms with Gasteiger partial charge in [-0.15, -0.1) is 0 Å². The molecule has 0 amide bonds. The van der Waals surface area contributed by atoms with Crippen LogP contribution in [-0.4, -0.2) is 10.2 Å². The second-order valence-electron chi connectivity index (χ2n) is 18.6. The van der Waals surface area contributed by atoms with E-state index in [0.29, 0.717) is 11.5 Å². The van der Waals surface area contributed by atoms with Gasteiger partial charge in [0.05, 0.1) is 0 Å². The number of benzene rings is 2. The van der Waals surface area contributed by atoms with Crippen LogP contribution in [0.5, 0.6) is 11.5 Å². The summed E-state index contributed by atoms with van der Waals surface area (Å²) < 4.78 is 0. The Morgan fingerprint density at radius 3 is 0.579 bits per heavy atom. The maximum atomic E-state index is 12.7. The highest BCUT2D eigenvalue weighted by Crippen LogP contribution is 2.50. The van der Waals surface area contributed by atoms with E-state index in [9.17, 15) is 10.2 Å². The minimum atomic E-state index is -0.258.